The van der Waals surface area contributed by atoms with Gasteiger partial charge in [0.25, 0.3) is 0 Å². The second kappa shape index (κ2) is 5.05. The molecule has 0 aliphatic heterocycles. The fourth-order valence-electron chi connectivity index (χ4n) is 1.000. The molecule has 0 heterocycles. The number of hydrogen-bond donors (Lipinski definition) is 1. The molecule has 1 nitrogen and oxygen atoms in total. The Labute approximate surface area is 83.7 Å². The SMILES string of the molecule is CCC(O)/C(Cl)=C/c1ccccc1. The number of aliphatic hydroxyl groups is 1. The van der Waals surface area contributed by atoms with Crippen molar-refractivity contribution in [1.82, 2.24) is 0 Å². The molecule has 0 aliphatic rings. The lowest BCUT2D eigenvalue weighted by atomic mass is 10.1. The number of aliphatic hydroxyl groups excluding tert-OH is 1. The van der Waals surface area contributed by atoms with E-state index in [-0.39, 0.29) is 0 Å². The van der Waals surface area contributed by atoms with Crippen LogP contribution in [-0.4, -0.2) is 11.2 Å². The summed E-state index contributed by atoms with van der Waals surface area (Å²) in [6, 6.07) is 9.72. The number of benzene rings is 1. The van der Waals surface area contributed by atoms with E-state index in [2.05, 4.69) is 0 Å². The van der Waals surface area contributed by atoms with E-state index in [4.69, 9.17) is 11.6 Å². The first-order valence-corrected chi connectivity index (χ1v) is 4.72. The summed E-state index contributed by atoms with van der Waals surface area (Å²) in [6.45, 7) is 1.89. The summed E-state index contributed by atoms with van der Waals surface area (Å²) >= 11 is 5.88. The molecule has 0 saturated heterocycles. The molecule has 1 rings (SSSR count). The maximum Gasteiger partial charge on any atom is 0.0893 e. The minimum Gasteiger partial charge on any atom is -0.388 e. The largest absolute Gasteiger partial charge is 0.388 e. The molecule has 0 bridgehead atoms. The van der Waals surface area contributed by atoms with Gasteiger partial charge in [-0.3, -0.25) is 0 Å². The Bertz CT molecular complexity index is 279. The summed E-state index contributed by atoms with van der Waals surface area (Å²) in [7, 11) is 0. The van der Waals surface area contributed by atoms with Crippen LogP contribution in [0.4, 0.5) is 0 Å². The number of hydrogen-bond acceptors (Lipinski definition) is 1. The molecular weight excluding hydrogens is 184 g/mol. The second-order valence-electron chi connectivity index (χ2n) is 2.86. The van der Waals surface area contributed by atoms with Gasteiger partial charge in [-0.05, 0) is 18.1 Å². The van der Waals surface area contributed by atoms with Gasteiger partial charge in [0, 0.05) is 5.03 Å². The second-order valence-corrected chi connectivity index (χ2v) is 3.30. The summed E-state index contributed by atoms with van der Waals surface area (Å²) in [4.78, 5) is 0. The molecule has 1 atom stereocenters. The average molecular weight is 197 g/mol. The zero-order valence-corrected chi connectivity index (χ0v) is 8.33. The van der Waals surface area contributed by atoms with E-state index >= 15 is 0 Å². The van der Waals surface area contributed by atoms with Crippen molar-refractivity contribution in [3.63, 3.8) is 0 Å². The molecule has 0 spiro atoms. The minimum absolute atomic E-state index is 0.494. The Morgan fingerprint density at radius 1 is 1.46 bits per heavy atom. The molecule has 0 radical (unpaired) electrons. The molecule has 1 N–H and O–H groups in total. The first kappa shape index (κ1) is 10.3. The molecular formula is C11H13ClO. The Morgan fingerprint density at radius 2 is 2.08 bits per heavy atom. The predicted octanol–water partition coefficient (Wildman–Crippen LogP) is 3.04. The first-order valence-electron chi connectivity index (χ1n) is 4.34. The van der Waals surface area contributed by atoms with E-state index in [9.17, 15) is 5.11 Å². The summed E-state index contributed by atoms with van der Waals surface area (Å²) in [6.07, 6.45) is 1.89. The number of rotatable bonds is 3. The van der Waals surface area contributed by atoms with Crippen LogP contribution >= 0.6 is 11.6 Å². The highest BCUT2D eigenvalue weighted by molar-refractivity contribution is 6.32. The highest BCUT2D eigenvalue weighted by Gasteiger charge is 2.04. The Hall–Kier alpha value is -0.790. The van der Waals surface area contributed by atoms with Crippen molar-refractivity contribution >= 4 is 17.7 Å². The van der Waals surface area contributed by atoms with Crippen LogP contribution in [0.25, 0.3) is 6.08 Å². The fourth-order valence-corrected chi connectivity index (χ4v) is 1.28. The lowest BCUT2D eigenvalue weighted by molar-refractivity contribution is 0.215. The molecule has 0 saturated carbocycles. The normalized spacial score (nSPS) is 14.2. The van der Waals surface area contributed by atoms with Gasteiger partial charge in [-0.25, -0.2) is 0 Å². The number of halogens is 1. The Balaban J connectivity index is 2.77. The van der Waals surface area contributed by atoms with Crippen LogP contribution in [0.2, 0.25) is 0 Å². The summed E-state index contributed by atoms with van der Waals surface area (Å²) in [5.41, 5.74) is 1.01. The van der Waals surface area contributed by atoms with Crippen LogP contribution in [0, 0.1) is 0 Å². The maximum absolute atomic E-state index is 9.39. The lowest BCUT2D eigenvalue weighted by Crippen LogP contribution is -2.03. The van der Waals surface area contributed by atoms with Crippen LogP contribution in [-0.2, 0) is 0 Å². The van der Waals surface area contributed by atoms with Crippen molar-refractivity contribution in [1.29, 1.82) is 0 Å². The van der Waals surface area contributed by atoms with Gasteiger partial charge in [0.1, 0.15) is 0 Å². The molecule has 0 aliphatic carbocycles. The van der Waals surface area contributed by atoms with Crippen molar-refractivity contribution in [2.45, 2.75) is 19.4 Å². The average Bonchev–Trinajstić information content (AvgIpc) is 2.18. The molecule has 1 aromatic rings. The van der Waals surface area contributed by atoms with Crippen molar-refractivity contribution in [3.05, 3.63) is 40.9 Å². The third kappa shape index (κ3) is 3.21. The van der Waals surface area contributed by atoms with Crippen LogP contribution in [0.3, 0.4) is 0 Å². The monoisotopic (exact) mass is 196 g/mol. The molecule has 0 amide bonds. The smallest absolute Gasteiger partial charge is 0.0893 e. The third-order valence-electron chi connectivity index (χ3n) is 1.81. The van der Waals surface area contributed by atoms with E-state index < -0.39 is 6.10 Å². The first-order chi connectivity index (χ1) is 6.24. The van der Waals surface area contributed by atoms with Gasteiger partial charge in [-0.15, -0.1) is 0 Å². The van der Waals surface area contributed by atoms with E-state index in [0.29, 0.717) is 11.5 Å². The molecule has 2 heteroatoms. The van der Waals surface area contributed by atoms with Crippen LogP contribution in [0.15, 0.2) is 35.4 Å². The van der Waals surface area contributed by atoms with Gasteiger partial charge >= 0.3 is 0 Å². The summed E-state index contributed by atoms with van der Waals surface area (Å²) in [5, 5.41) is 9.88. The van der Waals surface area contributed by atoms with Crippen molar-refractivity contribution in [2.24, 2.45) is 0 Å². The van der Waals surface area contributed by atoms with Gasteiger partial charge in [0.05, 0.1) is 6.10 Å². The summed E-state index contributed by atoms with van der Waals surface area (Å²) < 4.78 is 0. The molecule has 13 heavy (non-hydrogen) atoms. The van der Waals surface area contributed by atoms with Crippen LogP contribution in [0.5, 0.6) is 0 Å². The van der Waals surface area contributed by atoms with Crippen LogP contribution < -0.4 is 0 Å². The quantitative estimate of drug-likeness (QED) is 0.788. The Morgan fingerprint density at radius 3 is 2.62 bits per heavy atom. The van der Waals surface area contributed by atoms with Crippen LogP contribution in [0.1, 0.15) is 18.9 Å². The van der Waals surface area contributed by atoms with Gasteiger partial charge in [-0.2, -0.15) is 0 Å². The van der Waals surface area contributed by atoms with Crippen molar-refractivity contribution in [2.75, 3.05) is 0 Å². The van der Waals surface area contributed by atoms with Gasteiger partial charge in [0.2, 0.25) is 0 Å². The van der Waals surface area contributed by atoms with Crippen molar-refractivity contribution in [3.8, 4) is 0 Å². The van der Waals surface area contributed by atoms with Gasteiger partial charge in [0.15, 0.2) is 0 Å². The Kier molecular flexibility index (Phi) is 4.00. The topological polar surface area (TPSA) is 20.2 Å². The van der Waals surface area contributed by atoms with Gasteiger partial charge < -0.3 is 5.11 Å². The van der Waals surface area contributed by atoms with E-state index in [1.807, 2.05) is 37.3 Å². The maximum atomic E-state index is 9.39. The zero-order valence-electron chi connectivity index (χ0n) is 7.57. The standard InChI is InChI=1S/C11H13ClO/c1-2-11(13)10(12)8-9-6-4-3-5-7-9/h3-8,11,13H,2H2,1H3/b10-8-. The summed E-state index contributed by atoms with van der Waals surface area (Å²) in [5.74, 6) is 0. The molecule has 70 valence electrons. The highest BCUT2D eigenvalue weighted by Crippen LogP contribution is 2.15. The minimum atomic E-state index is -0.540. The zero-order chi connectivity index (χ0) is 9.68. The highest BCUT2D eigenvalue weighted by atomic mass is 35.5. The molecule has 0 aromatic heterocycles. The van der Waals surface area contributed by atoms with E-state index in [0.717, 1.165) is 5.56 Å². The lowest BCUT2D eigenvalue weighted by Gasteiger charge is -2.05. The predicted molar refractivity (Wildman–Crippen MR) is 56.6 cm³/mol. The third-order valence-corrected chi connectivity index (χ3v) is 2.17. The van der Waals surface area contributed by atoms with Crippen molar-refractivity contribution < 1.29 is 5.11 Å². The molecule has 1 aromatic carbocycles. The van der Waals surface area contributed by atoms with Gasteiger partial charge in [-0.1, -0.05) is 48.9 Å². The molecule has 0 fully saturated rings. The van der Waals surface area contributed by atoms with E-state index in [1.54, 1.807) is 6.08 Å². The fraction of sp³-hybridized carbons (Fsp3) is 0.273. The van der Waals surface area contributed by atoms with E-state index in [1.165, 1.54) is 0 Å². The molecule has 1 unspecified atom stereocenters.